The van der Waals surface area contributed by atoms with E-state index in [-0.39, 0.29) is 12.4 Å². The number of nitro benzene ring substituents is 1. The van der Waals surface area contributed by atoms with Crippen LogP contribution in [-0.2, 0) is 0 Å². The van der Waals surface area contributed by atoms with Crippen molar-refractivity contribution in [2.75, 3.05) is 0 Å². The Morgan fingerprint density at radius 1 is 1.25 bits per heavy atom. The Hall–Kier alpha value is -1.19. The molecule has 20 heavy (non-hydrogen) atoms. The van der Waals surface area contributed by atoms with Gasteiger partial charge in [-0.25, -0.2) is 0 Å². The summed E-state index contributed by atoms with van der Waals surface area (Å²) in [5.74, 6) is -5.26. The number of rotatable bonds is 3. The van der Waals surface area contributed by atoms with Crippen molar-refractivity contribution in [3.63, 3.8) is 0 Å². The van der Waals surface area contributed by atoms with Crippen molar-refractivity contribution in [1.29, 1.82) is 0 Å². The van der Waals surface area contributed by atoms with Crippen LogP contribution in [0.1, 0.15) is 11.6 Å². The summed E-state index contributed by atoms with van der Waals surface area (Å²) in [5.41, 5.74) is 3.32. The molecule has 0 saturated carbocycles. The van der Waals surface area contributed by atoms with E-state index < -0.39 is 39.3 Å². The summed E-state index contributed by atoms with van der Waals surface area (Å²) in [4.78, 5) is 9.49. The number of nitrogens with zero attached hydrogens (tertiary/aromatic N) is 1. The van der Waals surface area contributed by atoms with Crippen LogP contribution >= 0.6 is 24.0 Å². The monoisotopic (exact) mass is 340 g/mol. The highest BCUT2D eigenvalue weighted by molar-refractivity contribution is 6.31. The minimum atomic E-state index is -5.89. The smallest absolute Gasteiger partial charge is 0.319 e. The molecule has 1 aromatic carbocycles. The molecule has 1 aromatic rings. The first-order chi connectivity index (χ1) is 8.48. The van der Waals surface area contributed by atoms with Gasteiger partial charge >= 0.3 is 12.1 Å². The van der Waals surface area contributed by atoms with Crippen LogP contribution in [0.4, 0.5) is 27.6 Å². The zero-order chi connectivity index (χ0) is 15.0. The SMILES string of the molecule is Cl.N[C@H](c1cc([N+](=O)[O-])ccc1Cl)C(F)(F)C(F)(F)F. The molecular formula is C9H7Cl2F5N2O2. The minimum absolute atomic E-state index is 0. The first kappa shape index (κ1) is 18.8. The number of non-ortho nitro benzene ring substituents is 1. The summed E-state index contributed by atoms with van der Waals surface area (Å²) in [7, 11) is 0. The van der Waals surface area contributed by atoms with E-state index in [1.54, 1.807) is 0 Å². The van der Waals surface area contributed by atoms with E-state index in [2.05, 4.69) is 0 Å². The Bertz CT molecular complexity index is 510. The topological polar surface area (TPSA) is 69.2 Å². The maximum atomic E-state index is 13.0. The Morgan fingerprint density at radius 3 is 2.15 bits per heavy atom. The van der Waals surface area contributed by atoms with Gasteiger partial charge < -0.3 is 5.73 Å². The number of nitro groups is 1. The van der Waals surface area contributed by atoms with Crippen LogP contribution in [0.2, 0.25) is 5.02 Å². The molecule has 0 heterocycles. The van der Waals surface area contributed by atoms with Crippen LogP contribution in [0, 0.1) is 10.1 Å². The Morgan fingerprint density at radius 2 is 1.75 bits per heavy atom. The summed E-state index contributed by atoms with van der Waals surface area (Å²) >= 11 is 5.45. The normalized spacial score (nSPS) is 13.6. The average molecular weight is 341 g/mol. The molecule has 1 rings (SSSR count). The van der Waals surface area contributed by atoms with Crippen LogP contribution in [-0.4, -0.2) is 17.0 Å². The fourth-order valence-electron chi connectivity index (χ4n) is 1.25. The van der Waals surface area contributed by atoms with E-state index in [0.29, 0.717) is 6.07 Å². The van der Waals surface area contributed by atoms with Crippen molar-refractivity contribution in [2.45, 2.75) is 18.1 Å². The maximum absolute atomic E-state index is 13.0. The third-order valence-electron chi connectivity index (χ3n) is 2.29. The molecule has 0 unspecified atom stereocenters. The molecule has 0 aliphatic rings. The van der Waals surface area contributed by atoms with Gasteiger partial charge in [0.15, 0.2) is 0 Å². The van der Waals surface area contributed by atoms with Gasteiger partial charge in [0.2, 0.25) is 0 Å². The fourth-order valence-corrected chi connectivity index (χ4v) is 1.49. The van der Waals surface area contributed by atoms with Crippen molar-refractivity contribution in [3.05, 3.63) is 38.9 Å². The lowest BCUT2D eigenvalue weighted by atomic mass is 10.0. The van der Waals surface area contributed by atoms with Crippen LogP contribution in [0.5, 0.6) is 0 Å². The molecular weight excluding hydrogens is 334 g/mol. The number of benzene rings is 1. The van der Waals surface area contributed by atoms with E-state index in [9.17, 15) is 32.1 Å². The molecule has 0 aliphatic carbocycles. The quantitative estimate of drug-likeness (QED) is 0.516. The van der Waals surface area contributed by atoms with Crippen molar-refractivity contribution in [3.8, 4) is 0 Å². The predicted molar refractivity (Wildman–Crippen MR) is 63.3 cm³/mol. The Balaban J connectivity index is 0.00000361. The van der Waals surface area contributed by atoms with Crippen molar-refractivity contribution in [1.82, 2.24) is 0 Å². The predicted octanol–water partition coefficient (Wildman–Crippen LogP) is 3.87. The summed E-state index contributed by atoms with van der Waals surface area (Å²) < 4.78 is 62.5. The van der Waals surface area contributed by atoms with Crippen LogP contribution < -0.4 is 5.73 Å². The highest BCUT2D eigenvalue weighted by atomic mass is 35.5. The van der Waals surface area contributed by atoms with Gasteiger partial charge in [0.1, 0.15) is 6.04 Å². The molecule has 4 nitrogen and oxygen atoms in total. The van der Waals surface area contributed by atoms with Gasteiger partial charge in [0.05, 0.1) is 4.92 Å². The lowest BCUT2D eigenvalue weighted by molar-refractivity contribution is -0.385. The molecule has 0 radical (unpaired) electrons. The second-order valence-electron chi connectivity index (χ2n) is 3.56. The minimum Gasteiger partial charge on any atom is -0.319 e. The first-order valence-electron chi connectivity index (χ1n) is 4.62. The van der Waals surface area contributed by atoms with Gasteiger partial charge in [0.25, 0.3) is 5.69 Å². The van der Waals surface area contributed by atoms with Crippen molar-refractivity contribution in [2.24, 2.45) is 5.73 Å². The van der Waals surface area contributed by atoms with Gasteiger partial charge in [-0.1, -0.05) is 11.6 Å². The molecule has 114 valence electrons. The lowest BCUT2D eigenvalue weighted by Crippen LogP contribution is -2.45. The largest absolute Gasteiger partial charge is 0.455 e. The molecule has 0 saturated heterocycles. The zero-order valence-electron chi connectivity index (χ0n) is 9.33. The Labute approximate surface area is 120 Å². The van der Waals surface area contributed by atoms with E-state index in [4.69, 9.17) is 17.3 Å². The van der Waals surface area contributed by atoms with Crippen molar-refractivity contribution >= 4 is 29.7 Å². The summed E-state index contributed by atoms with van der Waals surface area (Å²) in [6.45, 7) is 0. The highest BCUT2D eigenvalue weighted by Gasteiger charge is 2.62. The zero-order valence-corrected chi connectivity index (χ0v) is 10.9. The standard InChI is InChI=1S/C9H6ClF5N2O2.ClH/c10-6-2-1-4(17(18)19)3-5(6)7(16)8(11,12)9(13,14)15;/h1-3,7H,16H2;1H/t7-;/m1./s1. The third-order valence-corrected chi connectivity index (χ3v) is 2.64. The van der Waals surface area contributed by atoms with E-state index >= 15 is 0 Å². The molecule has 11 heteroatoms. The second kappa shape index (κ2) is 6.06. The van der Waals surface area contributed by atoms with Crippen LogP contribution in [0.25, 0.3) is 0 Å². The molecule has 2 N–H and O–H groups in total. The molecule has 0 fully saturated rings. The van der Waals surface area contributed by atoms with Gasteiger partial charge in [-0.2, -0.15) is 22.0 Å². The number of nitrogens with two attached hydrogens (primary N) is 1. The van der Waals surface area contributed by atoms with Gasteiger partial charge in [-0.15, -0.1) is 12.4 Å². The number of hydrogen-bond donors (Lipinski definition) is 1. The summed E-state index contributed by atoms with van der Waals surface area (Å²) in [5, 5.41) is 9.93. The summed E-state index contributed by atoms with van der Waals surface area (Å²) in [6.07, 6.45) is -5.89. The van der Waals surface area contributed by atoms with Gasteiger partial charge in [-0.05, 0) is 6.07 Å². The van der Waals surface area contributed by atoms with Gasteiger partial charge in [-0.3, -0.25) is 10.1 Å². The highest BCUT2D eigenvalue weighted by Crippen LogP contribution is 2.45. The molecule has 0 amide bonds. The first-order valence-corrected chi connectivity index (χ1v) is 5.00. The molecule has 0 spiro atoms. The maximum Gasteiger partial charge on any atom is 0.455 e. The fraction of sp³-hybridized carbons (Fsp3) is 0.333. The number of hydrogen-bond acceptors (Lipinski definition) is 3. The number of alkyl halides is 5. The van der Waals surface area contributed by atoms with Gasteiger partial charge in [0, 0.05) is 22.7 Å². The lowest BCUT2D eigenvalue weighted by Gasteiger charge is -2.26. The van der Waals surface area contributed by atoms with Crippen molar-refractivity contribution < 1.29 is 26.9 Å². The second-order valence-corrected chi connectivity index (χ2v) is 3.97. The molecule has 0 bridgehead atoms. The Kier molecular flexibility index (Phi) is 5.70. The summed E-state index contributed by atoms with van der Waals surface area (Å²) in [6, 6.07) is -0.641. The third kappa shape index (κ3) is 3.47. The molecule has 0 aromatic heterocycles. The van der Waals surface area contributed by atoms with Crippen LogP contribution in [0.15, 0.2) is 18.2 Å². The number of halogens is 7. The average Bonchev–Trinajstić information content (AvgIpc) is 2.26. The molecule has 1 atom stereocenters. The molecule has 0 aliphatic heterocycles. The van der Waals surface area contributed by atoms with E-state index in [1.165, 1.54) is 0 Å². The van der Waals surface area contributed by atoms with E-state index in [0.717, 1.165) is 12.1 Å². The van der Waals surface area contributed by atoms with Crippen LogP contribution in [0.3, 0.4) is 0 Å². The van der Waals surface area contributed by atoms with E-state index in [1.807, 2.05) is 0 Å².